The maximum atomic E-state index is 12.4. The maximum Gasteiger partial charge on any atom is 0.231 e. The number of rotatable bonds is 7. The fourth-order valence-electron chi connectivity index (χ4n) is 3.44. The third kappa shape index (κ3) is 4.43. The molecule has 146 valence electrons. The Bertz CT molecular complexity index is 826. The molecule has 0 spiro atoms. The summed E-state index contributed by atoms with van der Waals surface area (Å²) in [5.41, 5.74) is 4.37. The number of hydrogen-bond acceptors (Lipinski definition) is 4. The molecular formula is C21H29N3O3. The monoisotopic (exact) mass is 371 g/mol. The number of nitrogens with one attached hydrogen (secondary N) is 1. The molecule has 0 bridgehead atoms. The van der Waals surface area contributed by atoms with Crippen LogP contribution < -0.4 is 14.8 Å². The number of nitrogens with zero attached hydrogens (tertiary/aromatic N) is 2. The lowest BCUT2D eigenvalue weighted by Crippen LogP contribution is -2.26. The van der Waals surface area contributed by atoms with Gasteiger partial charge in [0.2, 0.25) is 12.7 Å². The molecule has 6 nitrogen and oxygen atoms in total. The van der Waals surface area contributed by atoms with Crippen LogP contribution in [0.15, 0.2) is 18.2 Å². The molecule has 1 amide bonds. The molecule has 2 aromatic rings. The number of carbonyl (C=O) groups is 1. The van der Waals surface area contributed by atoms with Gasteiger partial charge >= 0.3 is 0 Å². The second-order valence-corrected chi connectivity index (χ2v) is 7.63. The van der Waals surface area contributed by atoms with E-state index in [1.54, 1.807) is 0 Å². The molecule has 27 heavy (non-hydrogen) atoms. The molecule has 1 aromatic heterocycles. The van der Waals surface area contributed by atoms with Crippen molar-refractivity contribution in [2.45, 2.75) is 60.0 Å². The van der Waals surface area contributed by atoms with Crippen LogP contribution in [-0.2, 0) is 17.8 Å². The molecule has 0 fully saturated rings. The van der Waals surface area contributed by atoms with E-state index >= 15 is 0 Å². The molecule has 2 heterocycles. The fourth-order valence-corrected chi connectivity index (χ4v) is 3.44. The van der Waals surface area contributed by atoms with E-state index in [0.29, 0.717) is 18.8 Å². The summed E-state index contributed by atoms with van der Waals surface area (Å²) in [7, 11) is 0. The Balaban J connectivity index is 1.57. The first-order valence-electron chi connectivity index (χ1n) is 9.57. The van der Waals surface area contributed by atoms with E-state index in [9.17, 15) is 4.79 Å². The molecule has 1 unspecified atom stereocenters. The molecular weight excluding hydrogens is 342 g/mol. The van der Waals surface area contributed by atoms with Gasteiger partial charge in [-0.15, -0.1) is 0 Å². The standard InChI is InChI=1S/C21H29N3O3/c1-13(2)11-24-16(5)18(15(4)23-24)7-9-21(25)22-14(3)17-6-8-19-20(10-17)27-12-26-19/h6,8,10,13-14H,7,9,11-12H2,1-5H3,(H,22,25). The van der Waals surface area contributed by atoms with Gasteiger partial charge in [0.05, 0.1) is 11.7 Å². The topological polar surface area (TPSA) is 65.4 Å². The zero-order valence-electron chi connectivity index (χ0n) is 16.8. The normalized spacial score (nSPS) is 13.9. The second-order valence-electron chi connectivity index (χ2n) is 7.63. The number of benzene rings is 1. The molecule has 3 rings (SSSR count). The van der Waals surface area contributed by atoms with Crippen molar-refractivity contribution in [3.8, 4) is 11.5 Å². The summed E-state index contributed by atoms with van der Waals surface area (Å²) in [6.45, 7) is 11.6. The van der Waals surface area contributed by atoms with Crippen LogP contribution in [0, 0.1) is 19.8 Å². The zero-order valence-corrected chi connectivity index (χ0v) is 16.8. The number of aryl methyl sites for hydroxylation is 1. The van der Waals surface area contributed by atoms with Gasteiger partial charge in [-0.2, -0.15) is 5.10 Å². The minimum absolute atomic E-state index is 0.0376. The molecule has 0 saturated carbocycles. The Labute approximate surface area is 160 Å². The molecule has 0 aliphatic carbocycles. The van der Waals surface area contributed by atoms with E-state index < -0.39 is 0 Å². The minimum atomic E-state index is -0.0853. The van der Waals surface area contributed by atoms with Crippen LogP contribution in [0.25, 0.3) is 0 Å². The number of fused-ring (bicyclic) bond motifs is 1. The van der Waals surface area contributed by atoms with Crippen LogP contribution in [0.5, 0.6) is 11.5 Å². The van der Waals surface area contributed by atoms with Crippen LogP contribution >= 0.6 is 0 Å². The molecule has 1 atom stereocenters. The lowest BCUT2D eigenvalue weighted by atomic mass is 10.1. The minimum Gasteiger partial charge on any atom is -0.454 e. The van der Waals surface area contributed by atoms with E-state index in [0.717, 1.165) is 35.0 Å². The number of amides is 1. The van der Waals surface area contributed by atoms with Crippen LogP contribution in [0.1, 0.15) is 55.7 Å². The van der Waals surface area contributed by atoms with Crippen molar-refractivity contribution < 1.29 is 14.3 Å². The summed E-state index contributed by atoms with van der Waals surface area (Å²) in [6.07, 6.45) is 1.15. The third-order valence-electron chi connectivity index (χ3n) is 4.95. The van der Waals surface area contributed by atoms with Crippen molar-refractivity contribution in [1.82, 2.24) is 15.1 Å². The van der Waals surface area contributed by atoms with E-state index in [2.05, 4.69) is 35.9 Å². The predicted octanol–water partition coefficient (Wildman–Crippen LogP) is 3.69. The lowest BCUT2D eigenvalue weighted by Gasteiger charge is -2.15. The van der Waals surface area contributed by atoms with Gasteiger partial charge in [-0.3, -0.25) is 9.48 Å². The van der Waals surface area contributed by atoms with Crippen molar-refractivity contribution in [2.75, 3.05) is 6.79 Å². The highest BCUT2D eigenvalue weighted by atomic mass is 16.7. The van der Waals surface area contributed by atoms with Crippen molar-refractivity contribution in [2.24, 2.45) is 5.92 Å². The van der Waals surface area contributed by atoms with Gasteiger partial charge in [-0.1, -0.05) is 19.9 Å². The van der Waals surface area contributed by atoms with Gasteiger partial charge in [0.25, 0.3) is 0 Å². The number of ether oxygens (including phenoxy) is 2. The summed E-state index contributed by atoms with van der Waals surface area (Å²) < 4.78 is 12.8. The van der Waals surface area contributed by atoms with E-state index in [1.165, 1.54) is 5.56 Å². The van der Waals surface area contributed by atoms with Gasteiger partial charge in [-0.05, 0) is 56.4 Å². The predicted molar refractivity (Wildman–Crippen MR) is 104 cm³/mol. The maximum absolute atomic E-state index is 12.4. The smallest absolute Gasteiger partial charge is 0.231 e. The van der Waals surface area contributed by atoms with Gasteiger partial charge in [0.15, 0.2) is 11.5 Å². The van der Waals surface area contributed by atoms with Crippen LogP contribution in [0.2, 0.25) is 0 Å². The van der Waals surface area contributed by atoms with Gasteiger partial charge < -0.3 is 14.8 Å². The molecule has 1 aliphatic rings. The molecule has 1 aromatic carbocycles. The third-order valence-corrected chi connectivity index (χ3v) is 4.95. The summed E-state index contributed by atoms with van der Waals surface area (Å²) in [5, 5.41) is 7.70. The van der Waals surface area contributed by atoms with Gasteiger partial charge in [0.1, 0.15) is 0 Å². The van der Waals surface area contributed by atoms with E-state index in [4.69, 9.17) is 9.47 Å². The summed E-state index contributed by atoms with van der Waals surface area (Å²) in [5.74, 6) is 2.07. The van der Waals surface area contributed by atoms with Crippen LogP contribution in [-0.4, -0.2) is 22.5 Å². The first-order chi connectivity index (χ1) is 12.8. The quantitative estimate of drug-likeness (QED) is 0.806. The van der Waals surface area contributed by atoms with Crippen molar-refractivity contribution in [3.05, 3.63) is 40.7 Å². The zero-order chi connectivity index (χ0) is 19.6. The Kier molecular flexibility index (Phi) is 5.73. The van der Waals surface area contributed by atoms with Crippen LogP contribution in [0.3, 0.4) is 0 Å². The molecule has 1 N–H and O–H groups in total. The lowest BCUT2D eigenvalue weighted by molar-refractivity contribution is -0.121. The average molecular weight is 371 g/mol. The van der Waals surface area contributed by atoms with Gasteiger partial charge in [0, 0.05) is 18.7 Å². The van der Waals surface area contributed by atoms with E-state index in [-0.39, 0.29) is 18.7 Å². The highest BCUT2D eigenvalue weighted by molar-refractivity contribution is 5.76. The van der Waals surface area contributed by atoms with Crippen molar-refractivity contribution in [3.63, 3.8) is 0 Å². The Morgan fingerprint density at radius 1 is 1.22 bits per heavy atom. The molecule has 0 saturated heterocycles. The first kappa shape index (κ1) is 19.3. The number of aromatic nitrogens is 2. The summed E-state index contributed by atoms with van der Waals surface area (Å²) in [6, 6.07) is 5.69. The number of carbonyl (C=O) groups excluding carboxylic acids is 1. The summed E-state index contributed by atoms with van der Waals surface area (Å²) in [4.78, 5) is 12.4. The Hall–Kier alpha value is -2.50. The average Bonchev–Trinajstić information content (AvgIpc) is 3.17. The molecule has 0 radical (unpaired) electrons. The second kappa shape index (κ2) is 8.03. The number of hydrogen-bond donors (Lipinski definition) is 1. The largest absolute Gasteiger partial charge is 0.454 e. The Morgan fingerprint density at radius 2 is 1.96 bits per heavy atom. The fraction of sp³-hybridized carbons (Fsp3) is 0.524. The highest BCUT2D eigenvalue weighted by Gasteiger charge is 2.18. The Morgan fingerprint density at radius 3 is 2.70 bits per heavy atom. The van der Waals surface area contributed by atoms with Crippen LogP contribution in [0.4, 0.5) is 0 Å². The summed E-state index contributed by atoms with van der Waals surface area (Å²) >= 11 is 0. The first-order valence-corrected chi connectivity index (χ1v) is 9.57. The van der Waals surface area contributed by atoms with E-state index in [1.807, 2.05) is 32.0 Å². The van der Waals surface area contributed by atoms with Crippen molar-refractivity contribution in [1.29, 1.82) is 0 Å². The highest BCUT2D eigenvalue weighted by Crippen LogP contribution is 2.34. The molecule has 1 aliphatic heterocycles. The van der Waals surface area contributed by atoms with Crippen molar-refractivity contribution >= 4 is 5.91 Å². The SMILES string of the molecule is Cc1nn(CC(C)C)c(C)c1CCC(=O)NC(C)c1ccc2c(c1)OCO2. The van der Waals surface area contributed by atoms with Gasteiger partial charge in [-0.25, -0.2) is 0 Å². The molecule has 6 heteroatoms.